The number of anilines is 2. The van der Waals surface area contributed by atoms with E-state index >= 15 is 0 Å². The zero-order valence-corrected chi connectivity index (χ0v) is 14.2. The van der Waals surface area contributed by atoms with E-state index in [-0.39, 0.29) is 5.82 Å². The smallest absolute Gasteiger partial charge is 0.124 e. The molecule has 126 valence electrons. The number of aryl methyl sites for hydroxylation is 1. The molecule has 0 saturated heterocycles. The molecule has 1 N–H and O–H groups in total. The minimum atomic E-state index is -0.260. The van der Waals surface area contributed by atoms with Crippen molar-refractivity contribution in [3.05, 3.63) is 78.6 Å². The van der Waals surface area contributed by atoms with Gasteiger partial charge in [0.15, 0.2) is 0 Å². The fourth-order valence-corrected chi connectivity index (χ4v) is 3.63. The third-order valence-electron chi connectivity index (χ3n) is 4.82. The highest BCUT2D eigenvalue weighted by molar-refractivity contribution is 6.09. The highest BCUT2D eigenvalue weighted by atomic mass is 19.1. The molecule has 0 amide bonds. The van der Waals surface area contributed by atoms with Gasteiger partial charge in [0.2, 0.25) is 0 Å². The molecule has 0 radical (unpaired) electrons. The quantitative estimate of drug-likeness (QED) is 0.445. The highest BCUT2D eigenvalue weighted by Gasteiger charge is 2.22. The van der Waals surface area contributed by atoms with Gasteiger partial charge in [0, 0.05) is 23.5 Å². The fourth-order valence-electron chi connectivity index (χ4n) is 3.63. The van der Waals surface area contributed by atoms with Crippen molar-refractivity contribution < 1.29 is 4.39 Å². The van der Waals surface area contributed by atoms with Gasteiger partial charge in [0.1, 0.15) is 11.5 Å². The number of nitrogens with zero attached hydrogens (tertiary/aromatic N) is 2. The normalized spacial score (nSPS) is 11.5. The molecular weight excluding hydrogens is 325 g/mol. The molecule has 26 heavy (non-hydrogen) atoms. The Morgan fingerprint density at radius 1 is 0.885 bits per heavy atom. The van der Waals surface area contributed by atoms with Gasteiger partial charge in [0.05, 0.1) is 22.4 Å². The molecule has 5 rings (SSSR count). The van der Waals surface area contributed by atoms with Gasteiger partial charge in [-0.05, 0) is 36.4 Å². The molecule has 0 spiro atoms. The van der Waals surface area contributed by atoms with Gasteiger partial charge in [-0.1, -0.05) is 36.4 Å². The van der Waals surface area contributed by atoms with Crippen LogP contribution in [0.1, 0.15) is 0 Å². The molecule has 0 unspecified atom stereocenters. The van der Waals surface area contributed by atoms with Crippen LogP contribution in [0.4, 0.5) is 15.8 Å². The Labute approximate surface area is 150 Å². The summed E-state index contributed by atoms with van der Waals surface area (Å²) in [5, 5.41) is 5.36. The summed E-state index contributed by atoms with van der Waals surface area (Å²) in [6.07, 6.45) is 0. The third kappa shape index (κ3) is 2.15. The number of halogens is 1. The van der Waals surface area contributed by atoms with Crippen molar-refractivity contribution in [1.29, 1.82) is 0 Å². The molecule has 3 aromatic rings. The number of para-hydroxylation sites is 2. The van der Waals surface area contributed by atoms with Crippen LogP contribution >= 0.6 is 0 Å². The Bertz CT molecular complexity index is 1220. The molecule has 0 bridgehead atoms. The number of benzene rings is 3. The molecule has 0 fully saturated rings. The molecule has 0 aromatic heterocycles. The first kappa shape index (κ1) is 14.9. The molecule has 0 saturated carbocycles. The molecule has 3 aromatic carbocycles. The van der Waals surface area contributed by atoms with E-state index in [9.17, 15) is 4.39 Å². The number of aromatic nitrogens is 2. The van der Waals surface area contributed by atoms with Crippen LogP contribution < -0.4 is 5.32 Å². The summed E-state index contributed by atoms with van der Waals surface area (Å²) in [7, 11) is 2.00. The summed E-state index contributed by atoms with van der Waals surface area (Å²) in [5.41, 5.74) is 5.55. The van der Waals surface area contributed by atoms with Crippen molar-refractivity contribution in [1.82, 2.24) is 9.55 Å². The van der Waals surface area contributed by atoms with Gasteiger partial charge in [-0.25, -0.2) is 9.37 Å². The number of rotatable bonds is 2. The zero-order chi connectivity index (χ0) is 17.7. The lowest BCUT2D eigenvalue weighted by molar-refractivity contribution is 0.629. The van der Waals surface area contributed by atoms with Crippen LogP contribution in [0.3, 0.4) is 0 Å². The second-order valence-electron chi connectivity index (χ2n) is 6.41. The standard InChI is InChI=1S/C22H16FN3/c1-26-19-12-11-14(23)13-17(19)20(24-15-7-3-2-4-8-15)21-22(26)16-9-5-6-10-18(16)25-21/h2-13,24H,1H3. The fraction of sp³-hybridized carbons (Fsp3) is 0.0455. The van der Waals surface area contributed by atoms with Crippen molar-refractivity contribution in [3.8, 4) is 11.4 Å². The van der Waals surface area contributed by atoms with Crippen LogP contribution in [0, 0.1) is 5.82 Å². The van der Waals surface area contributed by atoms with Crippen LogP contribution in [0.2, 0.25) is 0 Å². The van der Waals surface area contributed by atoms with Gasteiger partial charge in [-0.3, -0.25) is 0 Å². The topological polar surface area (TPSA) is 29.9 Å². The van der Waals surface area contributed by atoms with Crippen molar-refractivity contribution in [3.63, 3.8) is 0 Å². The average molecular weight is 341 g/mol. The molecule has 0 atom stereocenters. The second kappa shape index (κ2) is 5.56. The Morgan fingerprint density at radius 3 is 2.50 bits per heavy atom. The molecule has 2 heterocycles. The van der Waals surface area contributed by atoms with Crippen LogP contribution in [0.25, 0.3) is 33.2 Å². The van der Waals surface area contributed by atoms with Gasteiger partial charge >= 0.3 is 0 Å². The Kier molecular flexibility index (Phi) is 3.19. The summed E-state index contributed by atoms with van der Waals surface area (Å²) in [6.45, 7) is 0. The lowest BCUT2D eigenvalue weighted by Gasteiger charge is -2.19. The van der Waals surface area contributed by atoms with E-state index in [2.05, 4.69) is 16.0 Å². The summed E-state index contributed by atoms with van der Waals surface area (Å²) in [4.78, 5) is 4.85. The van der Waals surface area contributed by atoms with E-state index in [0.29, 0.717) is 0 Å². The zero-order valence-electron chi connectivity index (χ0n) is 14.2. The number of pyridine rings is 1. The second-order valence-corrected chi connectivity index (χ2v) is 6.41. The Hall–Kier alpha value is -3.40. The predicted molar refractivity (Wildman–Crippen MR) is 105 cm³/mol. The first-order valence-electron chi connectivity index (χ1n) is 8.51. The first-order valence-corrected chi connectivity index (χ1v) is 8.51. The Balaban J connectivity index is 1.92. The minimum Gasteiger partial charge on any atom is -0.353 e. The number of hydrogen-bond donors (Lipinski definition) is 1. The molecule has 3 nitrogen and oxygen atoms in total. The lowest BCUT2D eigenvalue weighted by Crippen LogP contribution is -2.04. The van der Waals surface area contributed by atoms with Gasteiger partial charge in [0.25, 0.3) is 0 Å². The highest BCUT2D eigenvalue weighted by Crippen LogP contribution is 2.42. The van der Waals surface area contributed by atoms with Crippen LogP contribution in [-0.2, 0) is 7.05 Å². The minimum absolute atomic E-state index is 0.260. The summed E-state index contributed by atoms with van der Waals surface area (Å²) in [6, 6.07) is 22.9. The van der Waals surface area contributed by atoms with E-state index < -0.39 is 0 Å². The van der Waals surface area contributed by atoms with E-state index in [4.69, 9.17) is 4.98 Å². The molecular formula is C22H16FN3. The molecule has 0 aliphatic carbocycles. The van der Waals surface area contributed by atoms with Gasteiger partial charge in [-0.15, -0.1) is 0 Å². The number of hydrogen-bond acceptors (Lipinski definition) is 2. The van der Waals surface area contributed by atoms with Crippen LogP contribution in [0.15, 0.2) is 72.8 Å². The van der Waals surface area contributed by atoms with Crippen molar-refractivity contribution in [2.75, 3.05) is 5.32 Å². The number of fused-ring (bicyclic) bond motifs is 4. The Morgan fingerprint density at radius 2 is 1.65 bits per heavy atom. The molecule has 2 aliphatic heterocycles. The van der Waals surface area contributed by atoms with Gasteiger partial charge in [-0.2, -0.15) is 0 Å². The van der Waals surface area contributed by atoms with E-state index in [1.165, 1.54) is 6.07 Å². The van der Waals surface area contributed by atoms with Crippen LogP contribution in [0.5, 0.6) is 0 Å². The van der Waals surface area contributed by atoms with E-state index in [1.807, 2.05) is 61.6 Å². The van der Waals surface area contributed by atoms with Crippen LogP contribution in [-0.4, -0.2) is 9.55 Å². The maximum atomic E-state index is 14.0. The summed E-state index contributed by atoms with van der Waals surface area (Å²) < 4.78 is 16.1. The van der Waals surface area contributed by atoms with E-state index in [0.717, 1.165) is 44.6 Å². The molecule has 4 heteroatoms. The third-order valence-corrected chi connectivity index (χ3v) is 4.82. The monoisotopic (exact) mass is 341 g/mol. The SMILES string of the molecule is Cn1c2c3ccccc3nc-2c(Nc2ccccc2)c2cc(F)ccc21. The largest absolute Gasteiger partial charge is 0.353 e. The summed E-state index contributed by atoms with van der Waals surface area (Å²) in [5.74, 6) is -0.260. The summed E-state index contributed by atoms with van der Waals surface area (Å²) >= 11 is 0. The first-order chi connectivity index (χ1) is 12.7. The van der Waals surface area contributed by atoms with Crippen molar-refractivity contribution in [2.45, 2.75) is 0 Å². The number of nitrogens with one attached hydrogen (secondary N) is 1. The van der Waals surface area contributed by atoms with E-state index in [1.54, 1.807) is 6.07 Å². The average Bonchev–Trinajstić information content (AvgIpc) is 3.05. The van der Waals surface area contributed by atoms with Crippen molar-refractivity contribution >= 4 is 33.2 Å². The molecule has 2 aliphatic rings. The maximum Gasteiger partial charge on any atom is 0.124 e. The predicted octanol–water partition coefficient (Wildman–Crippen LogP) is 5.71. The lowest BCUT2D eigenvalue weighted by atomic mass is 10.1. The van der Waals surface area contributed by atoms with Gasteiger partial charge < -0.3 is 9.88 Å². The van der Waals surface area contributed by atoms with Crippen molar-refractivity contribution in [2.24, 2.45) is 7.05 Å². The maximum absolute atomic E-state index is 14.0.